The zero-order chi connectivity index (χ0) is 37.3. The largest absolute Gasteiger partial charge is 0.311 e. The Morgan fingerprint density at radius 3 is 1.39 bits per heavy atom. The van der Waals surface area contributed by atoms with Gasteiger partial charge < -0.3 is 9.80 Å². The third-order valence-electron chi connectivity index (χ3n) is 10.5. The van der Waals surface area contributed by atoms with Gasteiger partial charge in [-0.05, 0) is 152 Å². The number of para-hydroxylation sites is 1. The van der Waals surface area contributed by atoms with E-state index in [0.29, 0.717) is 5.92 Å². The number of unbranched alkanes of at least 4 members (excludes halogenated alkanes) is 2. The van der Waals surface area contributed by atoms with Crippen LogP contribution in [-0.2, 0) is 12.8 Å². The Labute approximate surface area is 321 Å². The average molecular weight is 712 g/mol. The van der Waals surface area contributed by atoms with Crippen LogP contribution < -0.4 is 9.80 Å². The number of nitrogens with zero attached hydrogens (tertiary/aromatic N) is 5. The number of aromatic nitrogens is 3. The second-order valence-corrected chi connectivity index (χ2v) is 14.5. The number of hydrogen-bond donors (Lipinski definition) is 0. The molecule has 1 heterocycles. The molecule has 1 unspecified atom stereocenters. The minimum atomic E-state index is 0.547. The minimum absolute atomic E-state index is 0.547. The van der Waals surface area contributed by atoms with E-state index in [4.69, 9.17) is 0 Å². The van der Waals surface area contributed by atoms with Crippen LogP contribution >= 0.6 is 0 Å². The molecule has 274 valence electrons. The predicted molar refractivity (Wildman–Crippen MR) is 229 cm³/mol. The summed E-state index contributed by atoms with van der Waals surface area (Å²) in [6, 6.07) is 53.1. The summed E-state index contributed by atoms with van der Waals surface area (Å²) in [6.45, 7) is 9.10. The fourth-order valence-corrected chi connectivity index (χ4v) is 7.38. The summed E-state index contributed by atoms with van der Waals surface area (Å²) in [7, 11) is 0. The van der Waals surface area contributed by atoms with Crippen LogP contribution in [0, 0.1) is 0 Å². The molecule has 7 rings (SSSR count). The van der Waals surface area contributed by atoms with Crippen molar-refractivity contribution < 1.29 is 0 Å². The van der Waals surface area contributed by atoms with Gasteiger partial charge in [-0.2, -0.15) is 0 Å². The smallest absolute Gasteiger partial charge is 0.113 e. The maximum atomic E-state index is 4.45. The number of benzene rings is 6. The van der Waals surface area contributed by atoms with Crippen LogP contribution in [0.5, 0.6) is 0 Å². The molecule has 54 heavy (non-hydrogen) atoms. The maximum absolute atomic E-state index is 4.45. The van der Waals surface area contributed by atoms with E-state index in [0.717, 1.165) is 63.7 Å². The van der Waals surface area contributed by atoms with E-state index in [1.54, 1.807) is 0 Å². The highest BCUT2D eigenvalue weighted by Crippen LogP contribution is 2.40. The molecule has 6 aromatic carbocycles. The molecule has 0 saturated carbocycles. The molecule has 7 aromatic rings. The second-order valence-electron chi connectivity index (χ2n) is 14.5. The Kier molecular flexibility index (Phi) is 11.8. The molecule has 0 amide bonds. The maximum Gasteiger partial charge on any atom is 0.113 e. The first-order chi connectivity index (χ1) is 26.6. The molecule has 1 aromatic heterocycles. The van der Waals surface area contributed by atoms with Gasteiger partial charge in [0.15, 0.2) is 0 Å². The number of anilines is 6. The van der Waals surface area contributed by atoms with Gasteiger partial charge in [0.2, 0.25) is 0 Å². The van der Waals surface area contributed by atoms with Crippen LogP contribution in [0.25, 0.3) is 16.7 Å². The van der Waals surface area contributed by atoms with Crippen molar-refractivity contribution in [2.45, 2.75) is 85.0 Å². The molecule has 5 heteroatoms. The van der Waals surface area contributed by atoms with E-state index >= 15 is 0 Å². The lowest BCUT2D eigenvalue weighted by Gasteiger charge is -2.29. The molecule has 0 spiro atoms. The highest BCUT2D eigenvalue weighted by Gasteiger charge is 2.18. The molecule has 0 N–H and O–H groups in total. The standard InChI is InChI=1S/C49H53N5/c1-5-8-13-38-17-23-41(24-18-38)52(43-27-21-40(22-28-43)37(4)12-7-3)44-29-31-45(32-30-44)53(42-25-19-39(20-26-42)14-9-6-2)46-33-35-47(36-34-46)54-49-16-11-10-15-48(49)50-51-54/h10-11,15-37H,5-9,12-14H2,1-4H3. The van der Waals surface area contributed by atoms with E-state index in [9.17, 15) is 0 Å². The lowest BCUT2D eigenvalue weighted by Crippen LogP contribution is -2.12. The van der Waals surface area contributed by atoms with E-state index < -0.39 is 0 Å². The molecule has 0 aliphatic rings. The van der Waals surface area contributed by atoms with Crippen molar-refractivity contribution in [3.63, 3.8) is 0 Å². The zero-order valence-electron chi connectivity index (χ0n) is 32.3. The normalized spacial score (nSPS) is 11.9. The van der Waals surface area contributed by atoms with Crippen molar-refractivity contribution in [1.82, 2.24) is 15.0 Å². The van der Waals surface area contributed by atoms with Crippen LogP contribution in [0.3, 0.4) is 0 Å². The van der Waals surface area contributed by atoms with Crippen molar-refractivity contribution in [3.8, 4) is 5.69 Å². The van der Waals surface area contributed by atoms with E-state index in [1.165, 1.54) is 55.2 Å². The molecule has 5 nitrogen and oxygen atoms in total. The van der Waals surface area contributed by atoms with E-state index in [1.807, 2.05) is 22.9 Å². The molecule has 0 bridgehead atoms. The Bertz CT molecular complexity index is 2200. The van der Waals surface area contributed by atoms with Crippen LogP contribution in [0.2, 0.25) is 0 Å². The SMILES string of the molecule is CCCCc1ccc(N(c2ccc(C(C)CCC)cc2)c2ccc(N(c3ccc(CCCC)cc3)c3ccc(-n4nnc5ccccc54)cc3)cc2)cc1. The summed E-state index contributed by atoms with van der Waals surface area (Å²) < 4.78 is 1.91. The summed E-state index contributed by atoms with van der Waals surface area (Å²) in [5, 5.41) is 8.83. The predicted octanol–water partition coefficient (Wildman–Crippen LogP) is 13.9. The quantitative estimate of drug-likeness (QED) is 0.1000. The Balaban J connectivity index is 1.25. The average Bonchev–Trinajstić information content (AvgIpc) is 3.66. The van der Waals surface area contributed by atoms with Crippen molar-refractivity contribution in [2.24, 2.45) is 0 Å². The van der Waals surface area contributed by atoms with E-state index in [-0.39, 0.29) is 0 Å². The fraction of sp³-hybridized carbons (Fsp3) is 0.265. The number of fused-ring (bicyclic) bond motifs is 1. The molecule has 1 atom stereocenters. The van der Waals surface area contributed by atoms with E-state index in [2.05, 4.69) is 175 Å². The molecule has 0 aliphatic heterocycles. The summed E-state index contributed by atoms with van der Waals surface area (Å²) in [4.78, 5) is 4.72. The van der Waals surface area contributed by atoms with Gasteiger partial charge in [0.1, 0.15) is 5.52 Å². The first-order valence-electron chi connectivity index (χ1n) is 19.9. The topological polar surface area (TPSA) is 37.2 Å². The van der Waals surface area contributed by atoms with Gasteiger partial charge in [-0.1, -0.05) is 101 Å². The van der Waals surface area contributed by atoms with Gasteiger partial charge >= 0.3 is 0 Å². The number of hydrogen-bond acceptors (Lipinski definition) is 4. The van der Waals surface area contributed by atoms with Crippen LogP contribution in [0.1, 0.15) is 88.8 Å². The Hall–Kier alpha value is -5.68. The van der Waals surface area contributed by atoms with Crippen LogP contribution in [0.15, 0.2) is 146 Å². The van der Waals surface area contributed by atoms with Gasteiger partial charge in [0.25, 0.3) is 0 Å². The molecular formula is C49H53N5. The Morgan fingerprint density at radius 2 is 0.926 bits per heavy atom. The molecule has 0 aliphatic carbocycles. The number of rotatable bonds is 16. The molecule has 0 fully saturated rings. The fourth-order valence-electron chi connectivity index (χ4n) is 7.38. The minimum Gasteiger partial charge on any atom is -0.311 e. The third kappa shape index (κ3) is 8.26. The van der Waals surface area contributed by atoms with Gasteiger partial charge in [-0.3, -0.25) is 0 Å². The van der Waals surface area contributed by atoms with Crippen LogP contribution in [0.4, 0.5) is 34.1 Å². The summed E-state index contributed by atoms with van der Waals surface area (Å²) in [6.07, 6.45) is 9.39. The lowest BCUT2D eigenvalue weighted by molar-refractivity contribution is 0.665. The van der Waals surface area contributed by atoms with Crippen LogP contribution in [-0.4, -0.2) is 15.0 Å². The van der Waals surface area contributed by atoms with Gasteiger partial charge in [-0.15, -0.1) is 5.10 Å². The van der Waals surface area contributed by atoms with Crippen molar-refractivity contribution in [2.75, 3.05) is 9.80 Å². The van der Waals surface area contributed by atoms with Gasteiger partial charge in [0, 0.05) is 34.1 Å². The molecular weight excluding hydrogens is 659 g/mol. The van der Waals surface area contributed by atoms with Crippen molar-refractivity contribution in [1.29, 1.82) is 0 Å². The number of aryl methyl sites for hydroxylation is 2. The highest BCUT2D eigenvalue weighted by atomic mass is 15.4. The molecule has 0 radical (unpaired) electrons. The summed E-state index contributed by atoms with van der Waals surface area (Å²) in [5.74, 6) is 0.547. The summed E-state index contributed by atoms with van der Waals surface area (Å²) >= 11 is 0. The third-order valence-corrected chi connectivity index (χ3v) is 10.5. The highest BCUT2D eigenvalue weighted by molar-refractivity contribution is 5.82. The first-order valence-corrected chi connectivity index (χ1v) is 19.9. The van der Waals surface area contributed by atoms with Gasteiger partial charge in [0.05, 0.1) is 11.2 Å². The summed E-state index contributed by atoms with van der Waals surface area (Å²) in [5.41, 5.74) is 13.7. The van der Waals surface area contributed by atoms with Crippen molar-refractivity contribution >= 4 is 45.2 Å². The lowest BCUT2D eigenvalue weighted by atomic mass is 9.96. The zero-order valence-corrected chi connectivity index (χ0v) is 32.3. The Morgan fingerprint density at radius 1 is 0.500 bits per heavy atom. The van der Waals surface area contributed by atoms with Gasteiger partial charge in [-0.25, -0.2) is 4.68 Å². The second kappa shape index (κ2) is 17.4. The first kappa shape index (κ1) is 36.7. The monoisotopic (exact) mass is 711 g/mol. The molecule has 0 saturated heterocycles. The van der Waals surface area contributed by atoms with Crippen molar-refractivity contribution in [3.05, 3.63) is 162 Å².